The molecule has 2 heterocycles. The Morgan fingerprint density at radius 3 is 2.64 bits per heavy atom. The van der Waals surface area contributed by atoms with Crippen molar-refractivity contribution in [3.8, 4) is 16.2 Å². The molecule has 2 fully saturated rings. The number of rotatable bonds is 12. The van der Waals surface area contributed by atoms with Crippen molar-refractivity contribution in [2.24, 2.45) is 5.41 Å². The number of nitrogens with one attached hydrogen (secondary N) is 2. The maximum Gasteiger partial charge on any atom is 0.258 e. The second kappa shape index (κ2) is 13.4. The second-order valence-corrected chi connectivity index (χ2v) is 13.8. The van der Waals surface area contributed by atoms with E-state index in [9.17, 15) is 23.9 Å². The number of hydrogen-bond acceptors (Lipinski definition) is 7. The van der Waals surface area contributed by atoms with Gasteiger partial charge in [-0.2, -0.15) is 0 Å². The summed E-state index contributed by atoms with van der Waals surface area (Å²) in [6.45, 7) is 7.90. The lowest BCUT2D eigenvalue weighted by molar-refractivity contribution is -0.145. The minimum Gasteiger partial charge on any atom is -0.493 e. The molecule has 2 aromatic rings. The number of β-amino-alcohol motifs (C(OH)–C–C–N with tert-alkyl or cyclic N) is 1. The van der Waals surface area contributed by atoms with Gasteiger partial charge < -0.3 is 25.4 Å². The molecule has 3 atom stereocenters. The largest absolute Gasteiger partial charge is 0.493 e. The van der Waals surface area contributed by atoms with E-state index in [2.05, 4.69) is 31.5 Å². The van der Waals surface area contributed by atoms with Crippen molar-refractivity contribution >= 4 is 45.0 Å². The number of aliphatic hydroxyl groups excluding tert-OH is 1. The molecule has 1 aromatic heterocycles. The molecular formula is C30H40BrFN4O5S. The normalized spacial score (nSPS) is 20.2. The number of carbonyl (C=O) groups is 3. The number of hydrogen-bond donors (Lipinski definition) is 3. The van der Waals surface area contributed by atoms with Crippen molar-refractivity contribution in [3.05, 3.63) is 35.0 Å². The van der Waals surface area contributed by atoms with E-state index in [4.69, 9.17) is 4.74 Å². The Labute approximate surface area is 258 Å². The zero-order valence-corrected chi connectivity index (χ0v) is 26.9. The first-order chi connectivity index (χ1) is 19.8. The summed E-state index contributed by atoms with van der Waals surface area (Å²) < 4.78 is 20.6. The molecule has 230 valence electrons. The third-order valence-electron chi connectivity index (χ3n) is 7.66. The number of aromatic nitrogens is 1. The average Bonchev–Trinajstić information content (AvgIpc) is 3.35. The minimum absolute atomic E-state index is 0.0506. The van der Waals surface area contributed by atoms with Gasteiger partial charge in [-0.3, -0.25) is 14.4 Å². The number of alkyl halides is 2. The molecule has 0 unspecified atom stereocenters. The maximum atomic E-state index is 14.4. The van der Waals surface area contributed by atoms with Crippen molar-refractivity contribution in [3.63, 3.8) is 0 Å². The molecule has 1 saturated heterocycles. The van der Waals surface area contributed by atoms with Gasteiger partial charge in [-0.1, -0.05) is 48.8 Å². The Morgan fingerprint density at radius 2 is 2.02 bits per heavy atom. The molecule has 9 nitrogen and oxygen atoms in total. The number of halogens is 2. The highest BCUT2D eigenvalue weighted by molar-refractivity contribution is 9.09. The Bertz CT molecular complexity index is 1290. The van der Waals surface area contributed by atoms with Gasteiger partial charge in [0.2, 0.25) is 11.8 Å². The van der Waals surface area contributed by atoms with Gasteiger partial charge in [0.15, 0.2) is 5.67 Å². The van der Waals surface area contributed by atoms with Crippen LogP contribution in [-0.4, -0.2) is 75.1 Å². The highest BCUT2D eigenvalue weighted by Crippen LogP contribution is 2.40. The van der Waals surface area contributed by atoms with Gasteiger partial charge in [0.25, 0.3) is 5.91 Å². The standard InChI is InChI=1S/C30H40BrFN4O5S/c1-18-24(42-17-34-18)19-7-8-20(23(13-19)41-12-6-5-11-31)15-33-26(38)22-14-21(37)16-36(22)27(39)25(29(2,3)4)35-28(40)30(32)9-10-30/h7-8,13,17,21-22,25,37H,5-6,9-12,14-16H2,1-4H3,(H,33,38)(H,35,40)/t21-,22+,25-/m1/s1. The number of aliphatic hydroxyl groups is 1. The minimum atomic E-state index is -1.94. The topological polar surface area (TPSA) is 121 Å². The Hall–Kier alpha value is -2.57. The van der Waals surface area contributed by atoms with Crippen molar-refractivity contribution < 1.29 is 28.6 Å². The fourth-order valence-electron chi connectivity index (χ4n) is 4.95. The number of nitrogens with zero attached hydrogens (tertiary/aromatic N) is 2. The van der Waals surface area contributed by atoms with Crippen LogP contribution in [0.15, 0.2) is 23.7 Å². The summed E-state index contributed by atoms with van der Waals surface area (Å²) in [6.07, 6.45) is 1.26. The lowest BCUT2D eigenvalue weighted by atomic mass is 9.85. The van der Waals surface area contributed by atoms with E-state index in [-0.39, 0.29) is 32.4 Å². The van der Waals surface area contributed by atoms with Crippen LogP contribution >= 0.6 is 27.3 Å². The molecule has 0 spiro atoms. The third-order valence-corrected chi connectivity index (χ3v) is 9.20. The van der Waals surface area contributed by atoms with Gasteiger partial charge in [-0.25, -0.2) is 9.37 Å². The predicted molar refractivity (Wildman–Crippen MR) is 163 cm³/mol. The molecule has 12 heteroatoms. The molecule has 0 bridgehead atoms. The van der Waals surface area contributed by atoms with Gasteiger partial charge in [-0.15, -0.1) is 11.3 Å². The van der Waals surface area contributed by atoms with E-state index in [0.717, 1.165) is 39.9 Å². The number of benzene rings is 1. The van der Waals surface area contributed by atoms with Crippen LogP contribution in [0.5, 0.6) is 5.75 Å². The molecule has 3 amide bonds. The Kier molecular flexibility index (Phi) is 10.3. The molecule has 3 N–H and O–H groups in total. The highest BCUT2D eigenvalue weighted by Gasteiger charge is 2.53. The van der Waals surface area contributed by atoms with E-state index in [1.807, 2.05) is 25.1 Å². The monoisotopic (exact) mass is 666 g/mol. The van der Waals surface area contributed by atoms with Crippen LogP contribution in [0.2, 0.25) is 0 Å². The Balaban J connectivity index is 1.48. The number of likely N-dealkylation sites (tertiary alicyclic amines) is 1. The maximum absolute atomic E-state index is 14.4. The quantitative estimate of drug-likeness (QED) is 0.230. The van der Waals surface area contributed by atoms with Crippen LogP contribution in [-0.2, 0) is 20.9 Å². The van der Waals surface area contributed by atoms with Gasteiger partial charge >= 0.3 is 0 Å². The van der Waals surface area contributed by atoms with Crippen molar-refractivity contribution in [1.82, 2.24) is 20.5 Å². The summed E-state index contributed by atoms with van der Waals surface area (Å²) in [5, 5.41) is 16.8. The van der Waals surface area contributed by atoms with Crippen LogP contribution in [0.1, 0.15) is 64.1 Å². The Morgan fingerprint density at radius 1 is 1.29 bits per heavy atom. The fraction of sp³-hybridized carbons (Fsp3) is 0.600. The van der Waals surface area contributed by atoms with Crippen molar-refractivity contribution in [2.45, 2.75) is 90.2 Å². The number of thiazole rings is 1. The number of carbonyl (C=O) groups excluding carboxylic acids is 3. The van der Waals surface area contributed by atoms with Crippen LogP contribution in [0, 0.1) is 12.3 Å². The SMILES string of the molecule is Cc1ncsc1-c1ccc(CNC(=O)[C@@H]2C[C@@H](O)CN2C(=O)[C@@H](NC(=O)C2(F)CC2)C(C)(C)C)c(OCCCCBr)c1. The first-order valence-corrected chi connectivity index (χ1v) is 16.3. The summed E-state index contributed by atoms with van der Waals surface area (Å²) in [6, 6.07) is 3.85. The summed E-state index contributed by atoms with van der Waals surface area (Å²) >= 11 is 4.99. The van der Waals surface area contributed by atoms with Gasteiger partial charge in [0.1, 0.15) is 17.8 Å². The van der Waals surface area contributed by atoms with E-state index >= 15 is 0 Å². The van der Waals surface area contributed by atoms with Gasteiger partial charge in [-0.05, 0) is 49.7 Å². The van der Waals surface area contributed by atoms with Crippen LogP contribution in [0.3, 0.4) is 0 Å². The van der Waals surface area contributed by atoms with Gasteiger partial charge in [0, 0.05) is 30.4 Å². The van der Waals surface area contributed by atoms with E-state index in [0.29, 0.717) is 12.4 Å². The molecule has 4 rings (SSSR count). The third kappa shape index (κ3) is 7.68. The molecule has 1 saturated carbocycles. The molecule has 1 aromatic carbocycles. The lowest BCUT2D eigenvalue weighted by Crippen LogP contribution is -2.59. The van der Waals surface area contributed by atoms with E-state index < -0.39 is 47.0 Å². The van der Waals surface area contributed by atoms with Crippen molar-refractivity contribution in [1.29, 1.82) is 0 Å². The van der Waals surface area contributed by atoms with Crippen LogP contribution < -0.4 is 15.4 Å². The zero-order chi connectivity index (χ0) is 30.7. The summed E-state index contributed by atoms with van der Waals surface area (Å²) in [5.41, 5.74) is 1.81. The van der Waals surface area contributed by atoms with Gasteiger partial charge in [0.05, 0.1) is 28.8 Å². The molecule has 1 aliphatic heterocycles. The van der Waals surface area contributed by atoms with E-state index in [1.165, 1.54) is 4.90 Å². The first-order valence-electron chi connectivity index (χ1n) is 14.3. The molecule has 1 aliphatic carbocycles. The number of unbranched alkanes of at least 4 members (excludes halogenated alkanes) is 1. The molecule has 0 radical (unpaired) electrons. The lowest BCUT2D eigenvalue weighted by Gasteiger charge is -2.35. The highest BCUT2D eigenvalue weighted by atomic mass is 79.9. The number of ether oxygens (including phenoxy) is 1. The number of aryl methyl sites for hydroxylation is 1. The fourth-order valence-corrected chi connectivity index (χ4v) is 6.15. The second-order valence-electron chi connectivity index (χ2n) is 12.2. The first kappa shape index (κ1) is 32.3. The summed E-state index contributed by atoms with van der Waals surface area (Å²) in [7, 11) is 0. The molecule has 2 aliphatic rings. The molecule has 42 heavy (non-hydrogen) atoms. The average molecular weight is 668 g/mol. The zero-order valence-electron chi connectivity index (χ0n) is 24.5. The summed E-state index contributed by atoms with van der Waals surface area (Å²) in [4.78, 5) is 46.3. The summed E-state index contributed by atoms with van der Waals surface area (Å²) in [5.74, 6) is -1.09. The van der Waals surface area contributed by atoms with Crippen LogP contribution in [0.25, 0.3) is 10.4 Å². The predicted octanol–water partition coefficient (Wildman–Crippen LogP) is 4.28. The molecular weight excluding hydrogens is 627 g/mol. The van der Waals surface area contributed by atoms with Crippen molar-refractivity contribution in [2.75, 3.05) is 18.5 Å². The smallest absolute Gasteiger partial charge is 0.258 e. The van der Waals surface area contributed by atoms with E-state index in [1.54, 1.807) is 37.6 Å². The number of amides is 3. The van der Waals surface area contributed by atoms with Crippen LogP contribution in [0.4, 0.5) is 4.39 Å².